The summed E-state index contributed by atoms with van der Waals surface area (Å²) < 4.78 is 27.1. The highest BCUT2D eigenvalue weighted by Crippen LogP contribution is 2.23. The van der Waals surface area contributed by atoms with Crippen molar-refractivity contribution in [1.82, 2.24) is 14.7 Å². The lowest BCUT2D eigenvalue weighted by atomic mass is 10.2. The highest BCUT2D eigenvalue weighted by Gasteiger charge is 2.19. The van der Waals surface area contributed by atoms with Gasteiger partial charge in [-0.15, -0.1) is 0 Å². The number of hydrogen-bond donors (Lipinski definition) is 3. The van der Waals surface area contributed by atoms with Crippen molar-refractivity contribution in [2.45, 2.75) is 11.3 Å². The first-order chi connectivity index (χ1) is 9.90. The van der Waals surface area contributed by atoms with Crippen molar-refractivity contribution in [3.63, 3.8) is 0 Å². The zero-order valence-electron chi connectivity index (χ0n) is 10.7. The van der Waals surface area contributed by atoms with Crippen LogP contribution in [0.4, 0.5) is 0 Å². The maximum absolute atomic E-state index is 12.2. The summed E-state index contributed by atoms with van der Waals surface area (Å²) in [4.78, 5) is 17.7. The second kappa shape index (κ2) is 6.37. The van der Waals surface area contributed by atoms with Crippen LogP contribution in [0.1, 0.15) is 16.2 Å². The number of rotatable bonds is 6. The largest absolute Gasteiger partial charge is 0.478 e. The Labute approximate surface area is 129 Å². The van der Waals surface area contributed by atoms with E-state index >= 15 is 0 Å². The number of benzene rings is 1. The molecule has 0 unspecified atom stereocenters. The van der Waals surface area contributed by atoms with Gasteiger partial charge >= 0.3 is 5.97 Å². The minimum absolute atomic E-state index is 0.0930. The van der Waals surface area contributed by atoms with Crippen molar-refractivity contribution in [3.05, 3.63) is 46.5 Å². The van der Waals surface area contributed by atoms with Gasteiger partial charge in [-0.1, -0.05) is 0 Å². The number of hydrogen-bond acceptors (Lipinski definition) is 4. The first-order valence-electron chi connectivity index (χ1n) is 5.91. The quantitative estimate of drug-likeness (QED) is 0.708. The van der Waals surface area contributed by atoms with Crippen LogP contribution in [0.5, 0.6) is 0 Å². The van der Waals surface area contributed by atoms with E-state index in [1.165, 1.54) is 12.1 Å². The molecule has 0 amide bonds. The predicted molar refractivity (Wildman–Crippen MR) is 78.6 cm³/mol. The molecule has 1 aromatic carbocycles. The van der Waals surface area contributed by atoms with Crippen LogP contribution in [0.3, 0.4) is 0 Å². The SMILES string of the molecule is O=C(O)c1ccc(Br)c(S(=O)(=O)NCCc2ncc[nH]2)c1. The first-order valence-corrected chi connectivity index (χ1v) is 8.18. The molecule has 0 aliphatic heterocycles. The van der Waals surface area contributed by atoms with Crippen LogP contribution in [0.25, 0.3) is 0 Å². The number of aromatic carboxylic acids is 1. The highest BCUT2D eigenvalue weighted by molar-refractivity contribution is 9.10. The van der Waals surface area contributed by atoms with Crippen LogP contribution in [0.2, 0.25) is 0 Å². The molecule has 2 aromatic rings. The topological polar surface area (TPSA) is 112 Å². The standard InChI is InChI=1S/C12H12BrN3O4S/c13-9-2-1-8(12(17)18)7-10(9)21(19,20)16-4-3-11-14-5-6-15-11/h1-2,5-7,16H,3-4H2,(H,14,15)(H,17,18). The normalized spacial score (nSPS) is 11.5. The summed E-state index contributed by atoms with van der Waals surface area (Å²) in [6, 6.07) is 3.83. The summed E-state index contributed by atoms with van der Waals surface area (Å²) in [6.45, 7) is 0.152. The third-order valence-corrected chi connectivity index (χ3v) is 5.13. The van der Waals surface area contributed by atoms with Crippen LogP contribution < -0.4 is 4.72 Å². The van der Waals surface area contributed by atoms with Crippen molar-refractivity contribution in [2.24, 2.45) is 0 Å². The molecular weight excluding hydrogens is 362 g/mol. The van der Waals surface area contributed by atoms with Gasteiger partial charge in [0.05, 0.1) is 10.5 Å². The fourth-order valence-corrected chi connectivity index (χ4v) is 3.68. The number of carboxylic acids is 1. The number of aromatic amines is 1. The summed E-state index contributed by atoms with van der Waals surface area (Å²) in [5.74, 6) is -0.523. The van der Waals surface area contributed by atoms with E-state index in [0.717, 1.165) is 6.07 Å². The maximum atomic E-state index is 12.2. The van der Waals surface area contributed by atoms with Crippen molar-refractivity contribution < 1.29 is 18.3 Å². The zero-order valence-corrected chi connectivity index (χ0v) is 13.1. The Morgan fingerprint density at radius 3 is 2.81 bits per heavy atom. The molecule has 0 fully saturated rings. The van der Waals surface area contributed by atoms with Gasteiger partial charge in [-0.2, -0.15) is 0 Å². The van der Waals surface area contributed by atoms with Crippen molar-refractivity contribution in [2.75, 3.05) is 6.54 Å². The third-order valence-electron chi connectivity index (χ3n) is 2.68. The summed E-state index contributed by atoms with van der Waals surface area (Å²) in [6.07, 6.45) is 3.63. The minimum atomic E-state index is -3.80. The third kappa shape index (κ3) is 3.90. The van der Waals surface area contributed by atoms with E-state index in [0.29, 0.717) is 16.7 Å². The average molecular weight is 374 g/mol. The Hall–Kier alpha value is -1.71. The number of halogens is 1. The summed E-state index contributed by atoms with van der Waals surface area (Å²) in [7, 11) is -3.80. The number of carbonyl (C=O) groups is 1. The molecule has 7 nitrogen and oxygen atoms in total. The fourth-order valence-electron chi connectivity index (χ4n) is 1.66. The molecule has 0 aliphatic carbocycles. The van der Waals surface area contributed by atoms with Gasteiger partial charge in [0.25, 0.3) is 0 Å². The van der Waals surface area contributed by atoms with E-state index < -0.39 is 16.0 Å². The maximum Gasteiger partial charge on any atom is 0.335 e. The van der Waals surface area contributed by atoms with Gasteiger partial charge in [0.1, 0.15) is 5.82 Å². The molecule has 9 heteroatoms. The Morgan fingerprint density at radius 2 is 2.19 bits per heavy atom. The second-order valence-electron chi connectivity index (χ2n) is 4.13. The van der Waals surface area contributed by atoms with Gasteiger partial charge in [0.15, 0.2) is 0 Å². The smallest absolute Gasteiger partial charge is 0.335 e. The number of H-pyrrole nitrogens is 1. The molecule has 21 heavy (non-hydrogen) atoms. The molecule has 2 rings (SSSR count). The molecule has 0 spiro atoms. The summed E-state index contributed by atoms with van der Waals surface area (Å²) in [5, 5.41) is 8.92. The van der Waals surface area contributed by atoms with Gasteiger partial charge in [0.2, 0.25) is 10.0 Å². The van der Waals surface area contributed by atoms with Gasteiger partial charge < -0.3 is 10.1 Å². The molecular formula is C12H12BrN3O4S. The molecule has 1 aromatic heterocycles. The number of nitrogens with one attached hydrogen (secondary N) is 2. The fraction of sp³-hybridized carbons (Fsp3) is 0.167. The van der Waals surface area contributed by atoms with Crippen LogP contribution in [0, 0.1) is 0 Å². The van der Waals surface area contributed by atoms with E-state index in [2.05, 4.69) is 30.6 Å². The van der Waals surface area contributed by atoms with E-state index in [9.17, 15) is 13.2 Å². The minimum Gasteiger partial charge on any atom is -0.478 e. The van der Waals surface area contributed by atoms with E-state index in [1.807, 2.05) is 0 Å². The number of carboxylic acid groups (broad SMARTS) is 1. The first kappa shape index (κ1) is 15.7. The second-order valence-corrected chi connectivity index (χ2v) is 6.72. The lowest BCUT2D eigenvalue weighted by molar-refractivity contribution is 0.0696. The summed E-state index contributed by atoms with van der Waals surface area (Å²) in [5.41, 5.74) is -0.0930. The van der Waals surface area contributed by atoms with Crippen LogP contribution in [-0.2, 0) is 16.4 Å². The van der Waals surface area contributed by atoms with E-state index in [-0.39, 0.29) is 17.0 Å². The van der Waals surface area contributed by atoms with Crippen LogP contribution in [-0.4, -0.2) is 36.0 Å². The highest BCUT2D eigenvalue weighted by atomic mass is 79.9. The number of sulfonamides is 1. The van der Waals surface area contributed by atoms with E-state index in [4.69, 9.17) is 5.11 Å². The summed E-state index contributed by atoms with van der Waals surface area (Å²) >= 11 is 3.12. The molecule has 0 saturated carbocycles. The van der Waals surface area contributed by atoms with Gasteiger partial charge in [-0.05, 0) is 34.1 Å². The number of aromatic nitrogens is 2. The number of imidazole rings is 1. The van der Waals surface area contributed by atoms with Gasteiger partial charge in [0, 0.05) is 29.8 Å². The lowest BCUT2D eigenvalue weighted by Gasteiger charge is -2.08. The monoisotopic (exact) mass is 373 g/mol. The molecule has 0 bridgehead atoms. The Bertz CT molecular complexity index is 744. The van der Waals surface area contributed by atoms with Crippen molar-refractivity contribution in [3.8, 4) is 0 Å². The van der Waals surface area contributed by atoms with Crippen molar-refractivity contribution in [1.29, 1.82) is 0 Å². The van der Waals surface area contributed by atoms with Gasteiger partial charge in [-0.25, -0.2) is 22.9 Å². The molecule has 0 atom stereocenters. The lowest BCUT2D eigenvalue weighted by Crippen LogP contribution is -2.26. The molecule has 0 saturated heterocycles. The number of nitrogens with zero attached hydrogens (tertiary/aromatic N) is 1. The molecule has 112 valence electrons. The Kier molecular flexibility index (Phi) is 4.76. The van der Waals surface area contributed by atoms with Crippen LogP contribution in [0.15, 0.2) is 40.0 Å². The van der Waals surface area contributed by atoms with E-state index in [1.54, 1.807) is 12.4 Å². The molecule has 0 aliphatic rings. The van der Waals surface area contributed by atoms with Gasteiger partial charge in [-0.3, -0.25) is 0 Å². The average Bonchev–Trinajstić information content (AvgIpc) is 2.91. The predicted octanol–water partition coefficient (Wildman–Crippen LogP) is 1.39. The zero-order chi connectivity index (χ0) is 15.5. The molecule has 3 N–H and O–H groups in total. The Morgan fingerprint density at radius 1 is 1.43 bits per heavy atom. The van der Waals surface area contributed by atoms with Crippen LogP contribution >= 0.6 is 15.9 Å². The Balaban J connectivity index is 2.15. The molecule has 0 radical (unpaired) electrons. The van der Waals surface area contributed by atoms with Crippen molar-refractivity contribution >= 4 is 31.9 Å². The molecule has 1 heterocycles.